The van der Waals surface area contributed by atoms with E-state index >= 15 is 0 Å². The second-order valence-electron chi connectivity index (χ2n) is 6.36. The van der Waals surface area contributed by atoms with Gasteiger partial charge in [-0.05, 0) is 38.5 Å². The molecule has 6 nitrogen and oxygen atoms in total. The fraction of sp³-hybridized carbons (Fsp3) is 0.263. The van der Waals surface area contributed by atoms with Crippen molar-refractivity contribution < 1.29 is 19.1 Å². The van der Waals surface area contributed by atoms with E-state index in [-0.39, 0.29) is 6.61 Å². The Bertz CT molecular complexity index is 724. The van der Waals surface area contributed by atoms with Gasteiger partial charge in [-0.2, -0.15) is 0 Å². The molecule has 0 aliphatic rings. The maximum atomic E-state index is 12.3. The number of rotatable bonds is 5. The molecule has 0 bridgehead atoms. The van der Waals surface area contributed by atoms with Crippen LogP contribution in [0.3, 0.4) is 0 Å². The van der Waals surface area contributed by atoms with Gasteiger partial charge < -0.3 is 9.47 Å². The molecule has 0 aliphatic carbocycles. The van der Waals surface area contributed by atoms with Crippen molar-refractivity contribution in [3.05, 3.63) is 65.7 Å². The molecule has 2 N–H and O–H groups in total. The summed E-state index contributed by atoms with van der Waals surface area (Å²) in [6, 6.07) is 16.1. The van der Waals surface area contributed by atoms with Gasteiger partial charge in [-0.25, -0.2) is 15.0 Å². The largest absolute Gasteiger partial charge is 0.457 e. The molecule has 132 valence electrons. The third kappa shape index (κ3) is 6.18. The van der Waals surface area contributed by atoms with Gasteiger partial charge in [0.15, 0.2) is 0 Å². The maximum absolute atomic E-state index is 12.3. The van der Waals surface area contributed by atoms with Gasteiger partial charge in [0.05, 0.1) is 11.3 Å². The molecule has 2 rings (SSSR count). The van der Waals surface area contributed by atoms with Gasteiger partial charge in [0.1, 0.15) is 12.2 Å². The van der Waals surface area contributed by atoms with Crippen LogP contribution in [0.2, 0.25) is 0 Å². The molecule has 0 radical (unpaired) electrons. The maximum Gasteiger partial charge on any atom is 0.426 e. The second-order valence-corrected chi connectivity index (χ2v) is 6.36. The van der Waals surface area contributed by atoms with Crippen LogP contribution >= 0.6 is 0 Å². The third-order valence-electron chi connectivity index (χ3n) is 3.06. The fourth-order valence-corrected chi connectivity index (χ4v) is 1.99. The SMILES string of the molecule is CC(C)(C)OC(=O)NNc1ccccc1C(=O)OCc1ccccc1. The summed E-state index contributed by atoms with van der Waals surface area (Å²) >= 11 is 0. The molecule has 1 amide bonds. The van der Waals surface area contributed by atoms with Crippen molar-refractivity contribution in [1.82, 2.24) is 5.43 Å². The van der Waals surface area contributed by atoms with Crippen LogP contribution in [-0.4, -0.2) is 17.7 Å². The smallest absolute Gasteiger partial charge is 0.426 e. The van der Waals surface area contributed by atoms with Crippen LogP contribution in [0.15, 0.2) is 54.6 Å². The predicted octanol–water partition coefficient (Wildman–Crippen LogP) is 3.90. The number of carbonyl (C=O) groups excluding carboxylic acids is 2. The van der Waals surface area contributed by atoms with Crippen molar-refractivity contribution in [2.45, 2.75) is 33.0 Å². The van der Waals surface area contributed by atoms with E-state index in [0.717, 1.165) is 5.56 Å². The normalized spacial score (nSPS) is 10.7. The molecular weight excluding hydrogens is 320 g/mol. The first-order chi connectivity index (χ1) is 11.8. The number of esters is 1. The number of anilines is 1. The van der Waals surface area contributed by atoms with Crippen molar-refractivity contribution in [1.29, 1.82) is 0 Å². The zero-order valence-corrected chi connectivity index (χ0v) is 14.5. The van der Waals surface area contributed by atoms with Crippen LogP contribution < -0.4 is 10.9 Å². The molecule has 0 saturated carbocycles. The van der Waals surface area contributed by atoms with E-state index in [1.807, 2.05) is 30.3 Å². The summed E-state index contributed by atoms with van der Waals surface area (Å²) in [5, 5.41) is 0. The molecule has 6 heteroatoms. The Hall–Kier alpha value is -3.02. The summed E-state index contributed by atoms with van der Waals surface area (Å²) in [6.07, 6.45) is -0.639. The first-order valence-corrected chi connectivity index (χ1v) is 7.90. The minimum absolute atomic E-state index is 0.174. The van der Waals surface area contributed by atoms with E-state index in [9.17, 15) is 9.59 Å². The van der Waals surface area contributed by atoms with Gasteiger partial charge in [-0.3, -0.25) is 5.43 Å². The third-order valence-corrected chi connectivity index (χ3v) is 3.06. The zero-order valence-electron chi connectivity index (χ0n) is 14.5. The van der Waals surface area contributed by atoms with Gasteiger partial charge >= 0.3 is 12.1 Å². The number of ether oxygens (including phenoxy) is 2. The lowest BCUT2D eigenvalue weighted by Gasteiger charge is -2.20. The van der Waals surface area contributed by atoms with Gasteiger partial charge in [0.25, 0.3) is 0 Å². The number of hydrogen-bond acceptors (Lipinski definition) is 5. The highest BCUT2D eigenvalue weighted by Gasteiger charge is 2.17. The number of amides is 1. The lowest BCUT2D eigenvalue weighted by atomic mass is 10.2. The van der Waals surface area contributed by atoms with E-state index in [1.165, 1.54) is 0 Å². The second kappa shape index (κ2) is 8.19. The Morgan fingerprint density at radius 3 is 2.28 bits per heavy atom. The molecule has 25 heavy (non-hydrogen) atoms. The van der Waals surface area contributed by atoms with E-state index in [0.29, 0.717) is 11.3 Å². The molecule has 0 unspecified atom stereocenters. The average Bonchev–Trinajstić information content (AvgIpc) is 2.57. The van der Waals surface area contributed by atoms with Crippen molar-refractivity contribution in [3.63, 3.8) is 0 Å². The summed E-state index contributed by atoms with van der Waals surface area (Å²) in [5.41, 5.74) is 6.12. The summed E-state index contributed by atoms with van der Waals surface area (Å²) in [7, 11) is 0. The van der Waals surface area contributed by atoms with Crippen LogP contribution in [0.4, 0.5) is 10.5 Å². The van der Waals surface area contributed by atoms with Crippen molar-refractivity contribution >= 4 is 17.7 Å². The molecule has 2 aromatic carbocycles. The van der Waals surface area contributed by atoms with Crippen LogP contribution in [0, 0.1) is 0 Å². The molecule has 0 spiro atoms. The molecule has 0 saturated heterocycles. The molecule has 0 atom stereocenters. The van der Waals surface area contributed by atoms with Crippen LogP contribution in [0.1, 0.15) is 36.7 Å². The number of hydrazine groups is 1. The minimum Gasteiger partial charge on any atom is -0.457 e. The Labute approximate surface area is 147 Å². The number of hydrogen-bond donors (Lipinski definition) is 2. The summed E-state index contributed by atoms with van der Waals surface area (Å²) in [6.45, 7) is 5.47. The molecule has 0 aliphatic heterocycles. The van der Waals surface area contributed by atoms with Gasteiger partial charge in [0.2, 0.25) is 0 Å². The summed E-state index contributed by atoms with van der Waals surface area (Å²) < 4.78 is 10.5. The molecule has 0 heterocycles. The van der Waals surface area contributed by atoms with E-state index in [1.54, 1.807) is 45.0 Å². The van der Waals surface area contributed by atoms with Crippen molar-refractivity contribution in [3.8, 4) is 0 Å². The lowest BCUT2D eigenvalue weighted by Crippen LogP contribution is -2.36. The van der Waals surface area contributed by atoms with Gasteiger partial charge in [-0.15, -0.1) is 0 Å². The quantitative estimate of drug-likeness (QED) is 0.637. The monoisotopic (exact) mass is 342 g/mol. The van der Waals surface area contributed by atoms with Crippen molar-refractivity contribution in [2.75, 3.05) is 5.43 Å². The van der Waals surface area contributed by atoms with Crippen LogP contribution in [0.5, 0.6) is 0 Å². The summed E-state index contributed by atoms with van der Waals surface area (Å²) in [5.74, 6) is -0.488. The number of benzene rings is 2. The average molecular weight is 342 g/mol. The molecular formula is C19H22N2O4. The molecule has 2 aromatic rings. The predicted molar refractivity (Wildman–Crippen MR) is 95.0 cm³/mol. The Balaban J connectivity index is 1.97. The Morgan fingerprint density at radius 2 is 1.60 bits per heavy atom. The van der Waals surface area contributed by atoms with E-state index in [2.05, 4.69) is 10.9 Å². The first-order valence-electron chi connectivity index (χ1n) is 7.90. The van der Waals surface area contributed by atoms with Gasteiger partial charge in [-0.1, -0.05) is 42.5 Å². The Morgan fingerprint density at radius 1 is 0.960 bits per heavy atom. The fourth-order valence-electron chi connectivity index (χ4n) is 1.99. The zero-order chi connectivity index (χ0) is 18.3. The van der Waals surface area contributed by atoms with Crippen LogP contribution in [-0.2, 0) is 16.1 Å². The topological polar surface area (TPSA) is 76.7 Å². The lowest BCUT2D eigenvalue weighted by molar-refractivity contribution is 0.0469. The molecule has 0 aromatic heterocycles. The highest BCUT2D eigenvalue weighted by atomic mass is 16.6. The number of para-hydroxylation sites is 1. The first kappa shape index (κ1) is 18.3. The summed E-state index contributed by atoms with van der Waals surface area (Å²) in [4.78, 5) is 24.0. The Kier molecular flexibility index (Phi) is 6.00. The number of carbonyl (C=O) groups is 2. The minimum atomic E-state index is -0.639. The highest BCUT2D eigenvalue weighted by Crippen LogP contribution is 2.16. The van der Waals surface area contributed by atoms with Crippen LogP contribution in [0.25, 0.3) is 0 Å². The number of nitrogens with one attached hydrogen (secondary N) is 2. The standard InChI is InChI=1S/C19H22N2O4/c1-19(2,3)25-18(23)21-20-16-12-8-7-11-15(16)17(22)24-13-14-9-5-4-6-10-14/h4-12,20H,13H2,1-3H3,(H,21,23). The van der Waals surface area contributed by atoms with Gasteiger partial charge in [0, 0.05) is 0 Å². The van der Waals surface area contributed by atoms with Crippen molar-refractivity contribution in [2.24, 2.45) is 0 Å². The highest BCUT2D eigenvalue weighted by molar-refractivity contribution is 5.95. The van der Waals surface area contributed by atoms with E-state index < -0.39 is 17.7 Å². The molecule has 0 fully saturated rings. The van der Waals surface area contributed by atoms with E-state index in [4.69, 9.17) is 9.47 Å².